The predicted octanol–water partition coefficient (Wildman–Crippen LogP) is 4.01. The second-order valence-electron chi connectivity index (χ2n) is 4.70. The smallest absolute Gasteiger partial charge is 0.262 e. The van der Waals surface area contributed by atoms with Crippen molar-refractivity contribution in [1.82, 2.24) is 15.2 Å². The number of aromatic amines is 1. The summed E-state index contributed by atoms with van der Waals surface area (Å²) in [5.41, 5.74) is -1.70. The van der Waals surface area contributed by atoms with Crippen molar-refractivity contribution < 1.29 is 18.1 Å². The van der Waals surface area contributed by atoms with Gasteiger partial charge in [-0.3, -0.25) is 15.2 Å². The minimum absolute atomic E-state index is 0.0484. The lowest BCUT2D eigenvalue weighted by Crippen LogP contribution is -2.05. The Morgan fingerprint density at radius 2 is 2.05 bits per heavy atom. The Labute approximate surface area is 127 Å². The SMILES string of the molecule is CC(C)c1nc(Sc2ccc(C(F)(F)F)cc2[N+](=O)[O-])n[nH]1. The highest BCUT2D eigenvalue weighted by Crippen LogP contribution is 2.38. The Hall–Kier alpha value is -2.10. The van der Waals surface area contributed by atoms with Gasteiger partial charge in [-0.05, 0) is 23.9 Å². The molecule has 0 radical (unpaired) electrons. The first-order valence-corrected chi connectivity index (χ1v) is 6.96. The van der Waals surface area contributed by atoms with E-state index in [0.29, 0.717) is 11.9 Å². The molecule has 10 heteroatoms. The van der Waals surface area contributed by atoms with Crippen LogP contribution in [0.4, 0.5) is 18.9 Å². The molecular weight excluding hydrogens is 321 g/mol. The largest absolute Gasteiger partial charge is 0.416 e. The number of benzene rings is 1. The molecule has 0 bridgehead atoms. The first-order chi connectivity index (χ1) is 10.2. The molecule has 0 unspecified atom stereocenters. The average molecular weight is 332 g/mol. The van der Waals surface area contributed by atoms with E-state index in [1.807, 2.05) is 13.8 Å². The lowest BCUT2D eigenvalue weighted by atomic mass is 10.2. The van der Waals surface area contributed by atoms with Crippen LogP contribution in [0.5, 0.6) is 0 Å². The number of rotatable bonds is 4. The molecule has 1 N–H and O–H groups in total. The third-order valence-electron chi connectivity index (χ3n) is 2.71. The number of nitro groups is 1. The van der Waals surface area contributed by atoms with Gasteiger partial charge in [0.1, 0.15) is 5.82 Å². The van der Waals surface area contributed by atoms with Crippen LogP contribution < -0.4 is 0 Å². The van der Waals surface area contributed by atoms with Crippen molar-refractivity contribution >= 4 is 17.4 Å². The molecule has 0 spiro atoms. The van der Waals surface area contributed by atoms with Crippen molar-refractivity contribution in [3.8, 4) is 0 Å². The van der Waals surface area contributed by atoms with E-state index in [-0.39, 0.29) is 16.0 Å². The normalized spacial score (nSPS) is 11.9. The van der Waals surface area contributed by atoms with Crippen molar-refractivity contribution in [1.29, 1.82) is 0 Å². The molecule has 1 aromatic heterocycles. The first kappa shape index (κ1) is 16.3. The fourth-order valence-corrected chi connectivity index (χ4v) is 2.39. The summed E-state index contributed by atoms with van der Waals surface area (Å²) in [4.78, 5) is 14.3. The number of alkyl halides is 3. The summed E-state index contributed by atoms with van der Waals surface area (Å²) >= 11 is 0.838. The highest BCUT2D eigenvalue weighted by atomic mass is 32.2. The Morgan fingerprint density at radius 1 is 1.36 bits per heavy atom. The van der Waals surface area contributed by atoms with Crippen LogP contribution in [-0.2, 0) is 6.18 Å². The number of hydrogen-bond acceptors (Lipinski definition) is 5. The minimum atomic E-state index is -4.64. The van der Waals surface area contributed by atoms with Crippen LogP contribution in [0.2, 0.25) is 0 Å². The van der Waals surface area contributed by atoms with Crippen LogP contribution in [0.1, 0.15) is 31.2 Å². The van der Waals surface area contributed by atoms with Crippen LogP contribution in [0, 0.1) is 10.1 Å². The monoisotopic (exact) mass is 332 g/mol. The molecule has 0 amide bonds. The van der Waals surface area contributed by atoms with Gasteiger partial charge in [-0.2, -0.15) is 13.2 Å². The molecule has 1 aromatic carbocycles. The third-order valence-corrected chi connectivity index (χ3v) is 3.64. The van der Waals surface area contributed by atoms with Crippen molar-refractivity contribution in [2.24, 2.45) is 0 Å². The van der Waals surface area contributed by atoms with Crippen molar-refractivity contribution in [3.05, 3.63) is 39.7 Å². The van der Waals surface area contributed by atoms with Crippen LogP contribution in [0.25, 0.3) is 0 Å². The average Bonchev–Trinajstić information content (AvgIpc) is 2.86. The van der Waals surface area contributed by atoms with Gasteiger partial charge < -0.3 is 0 Å². The molecule has 2 aromatic rings. The highest BCUT2D eigenvalue weighted by molar-refractivity contribution is 7.99. The van der Waals surface area contributed by atoms with E-state index < -0.39 is 22.4 Å². The maximum absolute atomic E-state index is 12.6. The predicted molar refractivity (Wildman–Crippen MR) is 72.7 cm³/mol. The quantitative estimate of drug-likeness (QED) is 0.675. The zero-order valence-corrected chi connectivity index (χ0v) is 12.3. The summed E-state index contributed by atoms with van der Waals surface area (Å²) in [5.74, 6) is 0.682. The number of halogens is 3. The number of nitrogens with one attached hydrogen (secondary N) is 1. The van der Waals surface area contributed by atoms with Crippen LogP contribution in [0.15, 0.2) is 28.3 Å². The zero-order chi connectivity index (χ0) is 16.5. The summed E-state index contributed by atoms with van der Waals surface area (Å²) in [6.45, 7) is 3.77. The number of nitro benzene ring substituents is 1. The Morgan fingerprint density at radius 3 is 2.55 bits per heavy atom. The van der Waals surface area contributed by atoms with Gasteiger partial charge in [-0.25, -0.2) is 4.98 Å². The molecule has 6 nitrogen and oxygen atoms in total. The molecule has 118 valence electrons. The van der Waals surface area contributed by atoms with Gasteiger partial charge in [-0.1, -0.05) is 13.8 Å². The number of hydrogen-bond donors (Lipinski definition) is 1. The summed E-state index contributed by atoms with van der Waals surface area (Å²) < 4.78 is 37.9. The maximum Gasteiger partial charge on any atom is 0.416 e. The standard InChI is InChI=1S/C12H11F3N4O2S/c1-6(2)10-16-11(18-17-10)22-9-4-3-7(12(13,14)15)5-8(9)19(20)21/h3-6H,1-2H3,(H,16,17,18). The molecule has 0 atom stereocenters. The fourth-order valence-electron chi connectivity index (χ4n) is 1.58. The second kappa shape index (κ2) is 5.95. The molecule has 22 heavy (non-hydrogen) atoms. The van der Waals surface area contributed by atoms with E-state index in [0.717, 1.165) is 23.9 Å². The van der Waals surface area contributed by atoms with E-state index >= 15 is 0 Å². The van der Waals surface area contributed by atoms with Crippen LogP contribution >= 0.6 is 11.8 Å². The van der Waals surface area contributed by atoms with E-state index in [1.165, 1.54) is 0 Å². The Kier molecular flexibility index (Phi) is 4.40. The minimum Gasteiger partial charge on any atom is -0.262 e. The summed E-state index contributed by atoms with van der Waals surface area (Å²) in [6.07, 6.45) is -4.64. The topological polar surface area (TPSA) is 84.7 Å². The van der Waals surface area contributed by atoms with E-state index in [4.69, 9.17) is 0 Å². The van der Waals surface area contributed by atoms with Crippen LogP contribution in [0.3, 0.4) is 0 Å². The first-order valence-electron chi connectivity index (χ1n) is 6.14. The second-order valence-corrected chi connectivity index (χ2v) is 5.71. The molecule has 1 heterocycles. The van der Waals surface area contributed by atoms with Gasteiger partial charge >= 0.3 is 6.18 Å². The Bertz CT molecular complexity index is 700. The lowest BCUT2D eigenvalue weighted by Gasteiger charge is -2.07. The lowest BCUT2D eigenvalue weighted by molar-refractivity contribution is -0.388. The number of H-pyrrole nitrogens is 1. The number of aromatic nitrogens is 3. The maximum atomic E-state index is 12.6. The van der Waals surface area contributed by atoms with Gasteiger partial charge in [0, 0.05) is 12.0 Å². The molecule has 0 fully saturated rings. The van der Waals surface area contributed by atoms with Crippen molar-refractivity contribution in [2.75, 3.05) is 0 Å². The molecule has 0 aliphatic carbocycles. The zero-order valence-electron chi connectivity index (χ0n) is 11.5. The summed E-state index contributed by atoms with van der Waals surface area (Å²) in [6, 6.07) is 2.36. The van der Waals surface area contributed by atoms with E-state index in [9.17, 15) is 23.3 Å². The van der Waals surface area contributed by atoms with Crippen molar-refractivity contribution in [2.45, 2.75) is 36.0 Å². The number of nitrogens with zero attached hydrogens (tertiary/aromatic N) is 3. The summed E-state index contributed by atoms with van der Waals surface area (Å²) in [7, 11) is 0. The van der Waals surface area contributed by atoms with E-state index in [1.54, 1.807) is 0 Å². The van der Waals surface area contributed by atoms with Gasteiger partial charge in [0.15, 0.2) is 0 Å². The molecular formula is C12H11F3N4O2S. The molecule has 2 rings (SSSR count). The molecule has 0 aliphatic heterocycles. The van der Waals surface area contributed by atoms with Gasteiger partial charge in [0.2, 0.25) is 5.16 Å². The van der Waals surface area contributed by atoms with Crippen LogP contribution in [-0.4, -0.2) is 20.1 Å². The molecule has 0 saturated heterocycles. The third kappa shape index (κ3) is 3.56. The van der Waals surface area contributed by atoms with Gasteiger partial charge in [0.25, 0.3) is 5.69 Å². The summed E-state index contributed by atoms with van der Waals surface area (Å²) in [5, 5.41) is 17.8. The van der Waals surface area contributed by atoms with Gasteiger partial charge in [0.05, 0.1) is 15.4 Å². The highest BCUT2D eigenvalue weighted by Gasteiger charge is 2.33. The van der Waals surface area contributed by atoms with Gasteiger partial charge in [-0.15, -0.1) is 5.10 Å². The van der Waals surface area contributed by atoms with E-state index in [2.05, 4.69) is 15.2 Å². The Balaban J connectivity index is 2.35. The molecule has 0 aliphatic rings. The van der Waals surface area contributed by atoms with Crippen molar-refractivity contribution in [3.63, 3.8) is 0 Å². The fraction of sp³-hybridized carbons (Fsp3) is 0.333. The molecule has 0 saturated carbocycles.